The number of rotatable bonds is 5. The van der Waals surface area contributed by atoms with E-state index in [1.54, 1.807) is 32.0 Å². The van der Waals surface area contributed by atoms with Gasteiger partial charge in [-0.2, -0.15) is 0 Å². The highest BCUT2D eigenvalue weighted by Gasteiger charge is 2.22. The minimum absolute atomic E-state index is 0.0536. The molecule has 1 atom stereocenters. The first-order chi connectivity index (χ1) is 8.82. The number of halogens is 1. The maximum atomic E-state index is 12.0. The number of carbonyl (C=O) groups is 2. The fourth-order valence-electron chi connectivity index (χ4n) is 1.62. The van der Waals surface area contributed by atoms with Crippen LogP contribution in [0.5, 0.6) is 0 Å². The number of benzene rings is 1. The molecule has 0 saturated heterocycles. The molecule has 0 heterocycles. The predicted octanol–water partition coefficient (Wildman–Crippen LogP) is 2.12. The van der Waals surface area contributed by atoms with Crippen LogP contribution in [0.3, 0.4) is 0 Å². The van der Waals surface area contributed by atoms with Crippen LogP contribution in [0.1, 0.15) is 24.2 Å². The van der Waals surface area contributed by atoms with Gasteiger partial charge in [-0.05, 0) is 40.0 Å². The first-order valence-corrected chi connectivity index (χ1v) is 6.68. The zero-order chi connectivity index (χ0) is 14.6. The zero-order valence-corrected chi connectivity index (χ0v) is 12.4. The van der Waals surface area contributed by atoms with E-state index in [4.69, 9.17) is 10.8 Å². The maximum absolute atomic E-state index is 12.0. The monoisotopic (exact) mass is 328 g/mol. The van der Waals surface area contributed by atoms with Crippen LogP contribution >= 0.6 is 15.9 Å². The van der Waals surface area contributed by atoms with Gasteiger partial charge in [0, 0.05) is 16.7 Å². The second kappa shape index (κ2) is 6.56. The third-order valence-corrected chi connectivity index (χ3v) is 3.53. The van der Waals surface area contributed by atoms with Crippen LogP contribution in [0.2, 0.25) is 0 Å². The Balaban J connectivity index is 2.75. The van der Waals surface area contributed by atoms with Gasteiger partial charge in [0.1, 0.15) is 0 Å². The molecule has 1 rings (SSSR count). The maximum Gasteiger partial charge on any atom is 0.308 e. The highest BCUT2D eigenvalue weighted by molar-refractivity contribution is 9.10. The van der Waals surface area contributed by atoms with Crippen molar-refractivity contribution in [2.24, 2.45) is 11.8 Å². The third kappa shape index (κ3) is 4.24. The summed E-state index contributed by atoms with van der Waals surface area (Å²) in [6.07, 6.45) is 0. The standard InChI is InChI=1S/C13H17BrN2O3/c1-7(2)10(13(18)19)6-16-12(17)9-5-8(15)3-4-11(9)14/h3-5,7,10H,6,15H2,1-2H3,(H,16,17)(H,18,19). The van der Waals surface area contributed by atoms with Crippen LogP contribution in [-0.2, 0) is 4.79 Å². The number of nitrogen functional groups attached to an aromatic ring is 1. The van der Waals surface area contributed by atoms with Crippen LogP contribution in [0.15, 0.2) is 22.7 Å². The number of carboxylic acids is 1. The molecule has 1 aromatic rings. The first-order valence-electron chi connectivity index (χ1n) is 5.89. The Labute approximate surface area is 120 Å². The number of nitrogens with one attached hydrogen (secondary N) is 1. The van der Waals surface area contributed by atoms with Crippen molar-refractivity contribution in [1.82, 2.24) is 5.32 Å². The van der Waals surface area contributed by atoms with Crippen LogP contribution < -0.4 is 11.1 Å². The molecule has 6 heteroatoms. The van der Waals surface area contributed by atoms with Crippen LogP contribution in [0, 0.1) is 11.8 Å². The van der Waals surface area contributed by atoms with Crippen LogP contribution in [0.4, 0.5) is 5.69 Å². The Kier molecular flexibility index (Phi) is 5.35. The van der Waals surface area contributed by atoms with Crippen molar-refractivity contribution >= 4 is 33.5 Å². The summed E-state index contributed by atoms with van der Waals surface area (Å²) in [4.78, 5) is 23.0. The summed E-state index contributed by atoms with van der Waals surface area (Å²) in [5, 5.41) is 11.7. The van der Waals surface area contributed by atoms with Gasteiger partial charge in [0.15, 0.2) is 0 Å². The number of hydrogen-bond donors (Lipinski definition) is 3. The van der Waals surface area contributed by atoms with E-state index in [0.717, 1.165) is 0 Å². The van der Waals surface area contributed by atoms with Crippen molar-refractivity contribution in [2.45, 2.75) is 13.8 Å². The number of hydrogen-bond acceptors (Lipinski definition) is 3. The average Bonchev–Trinajstić information content (AvgIpc) is 2.31. The molecule has 1 unspecified atom stereocenters. The molecule has 0 aliphatic rings. The number of nitrogens with two attached hydrogens (primary N) is 1. The Hall–Kier alpha value is -1.56. The molecule has 0 aliphatic carbocycles. The molecule has 104 valence electrons. The molecular weight excluding hydrogens is 312 g/mol. The molecule has 1 amide bonds. The molecule has 0 radical (unpaired) electrons. The Morgan fingerprint density at radius 2 is 2.05 bits per heavy atom. The van der Waals surface area contributed by atoms with Gasteiger partial charge in [0.25, 0.3) is 5.91 Å². The van der Waals surface area contributed by atoms with Crippen LogP contribution in [-0.4, -0.2) is 23.5 Å². The Morgan fingerprint density at radius 1 is 1.42 bits per heavy atom. The second-order valence-corrected chi connectivity index (χ2v) is 5.49. The normalized spacial score (nSPS) is 12.2. The minimum Gasteiger partial charge on any atom is -0.481 e. The fraction of sp³-hybridized carbons (Fsp3) is 0.385. The molecular formula is C13H17BrN2O3. The molecule has 19 heavy (non-hydrogen) atoms. The number of anilines is 1. The summed E-state index contributed by atoms with van der Waals surface area (Å²) in [6, 6.07) is 4.90. The van der Waals surface area contributed by atoms with Crippen molar-refractivity contribution in [3.63, 3.8) is 0 Å². The summed E-state index contributed by atoms with van der Waals surface area (Å²) in [5.74, 6) is -1.92. The van der Waals surface area contributed by atoms with E-state index >= 15 is 0 Å². The number of amides is 1. The molecule has 0 aromatic heterocycles. The lowest BCUT2D eigenvalue weighted by Crippen LogP contribution is -2.35. The van der Waals surface area contributed by atoms with Gasteiger partial charge in [0.2, 0.25) is 0 Å². The topological polar surface area (TPSA) is 92.4 Å². The molecule has 0 spiro atoms. The van der Waals surface area contributed by atoms with Gasteiger partial charge in [-0.1, -0.05) is 13.8 Å². The van der Waals surface area contributed by atoms with Crippen molar-refractivity contribution in [3.05, 3.63) is 28.2 Å². The Morgan fingerprint density at radius 3 is 2.58 bits per heavy atom. The van der Waals surface area contributed by atoms with E-state index in [9.17, 15) is 9.59 Å². The van der Waals surface area contributed by atoms with E-state index in [1.165, 1.54) is 0 Å². The predicted molar refractivity (Wildman–Crippen MR) is 76.9 cm³/mol. The summed E-state index contributed by atoms with van der Waals surface area (Å²) in [7, 11) is 0. The van der Waals surface area contributed by atoms with Gasteiger partial charge in [-0.3, -0.25) is 9.59 Å². The van der Waals surface area contributed by atoms with Crippen molar-refractivity contribution < 1.29 is 14.7 Å². The summed E-state index contributed by atoms with van der Waals surface area (Å²) in [6.45, 7) is 3.70. The smallest absolute Gasteiger partial charge is 0.308 e. The highest BCUT2D eigenvalue weighted by Crippen LogP contribution is 2.19. The molecule has 5 nitrogen and oxygen atoms in total. The van der Waals surface area contributed by atoms with E-state index in [0.29, 0.717) is 15.7 Å². The largest absolute Gasteiger partial charge is 0.481 e. The van der Waals surface area contributed by atoms with E-state index in [1.807, 2.05) is 0 Å². The quantitative estimate of drug-likeness (QED) is 0.722. The van der Waals surface area contributed by atoms with E-state index < -0.39 is 11.9 Å². The molecule has 0 aliphatic heterocycles. The highest BCUT2D eigenvalue weighted by atomic mass is 79.9. The lowest BCUT2D eigenvalue weighted by Gasteiger charge is -2.17. The lowest BCUT2D eigenvalue weighted by molar-refractivity contribution is -0.142. The minimum atomic E-state index is -0.915. The van der Waals surface area contributed by atoms with Gasteiger partial charge in [-0.25, -0.2) is 0 Å². The van der Waals surface area contributed by atoms with Crippen molar-refractivity contribution in [2.75, 3.05) is 12.3 Å². The molecule has 0 fully saturated rings. The van der Waals surface area contributed by atoms with Gasteiger partial charge < -0.3 is 16.2 Å². The lowest BCUT2D eigenvalue weighted by atomic mass is 9.96. The van der Waals surface area contributed by atoms with Gasteiger partial charge in [-0.15, -0.1) is 0 Å². The first kappa shape index (κ1) is 15.5. The number of carbonyl (C=O) groups excluding carboxylic acids is 1. The molecule has 0 bridgehead atoms. The van der Waals surface area contributed by atoms with E-state index in [-0.39, 0.29) is 18.4 Å². The SMILES string of the molecule is CC(C)C(CNC(=O)c1cc(N)ccc1Br)C(=O)O. The summed E-state index contributed by atoms with van der Waals surface area (Å²) < 4.78 is 0.621. The molecule has 1 aromatic carbocycles. The van der Waals surface area contributed by atoms with Crippen molar-refractivity contribution in [3.8, 4) is 0 Å². The third-order valence-electron chi connectivity index (χ3n) is 2.84. The average molecular weight is 329 g/mol. The Bertz CT molecular complexity index is 489. The summed E-state index contributed by atoms with van der Waals surface area (Å²) in [5.41, 5.74) is 6.50. The zero-order valence-electron chi connectivity index (χ0n) is 10.8. The number of carboxylic acid groups (broad SMARTS) is 1. The molecule has 0 saturated carbocycles. The van der Waals surface area contributed by atoms with E-state index in [2.05, 4.69) is 21.2 Å². The summed E-state index contributed by atoms with van der Waals surface area (Å²) >= 11 is 3.26. The van der Waals surface area contributed by atoms with Crippen molar-refractivity contribution in [1.29, 1.82) is 0 Å². The second-order valence-electron chi connectivity index (χ2n) is 4.64. The van der Waals surface area contributed by atoms with Gasteiger partial charge in [0.05, 0.1) is 11.5 Å². The van der Waals surface area contributed by atoms with Crippen LogP contribution in [0.25, 0.3) is 0 Å². The fourth-order valence-corrected chi connectivity index (χ4v) is 2.05. The number of aliphatic carboxylic acids is 1. The van der Waals surface area contributed by atoms with Gasteiger partial charge >= 0.3 is 5.97 Å². The molecule has 4 N–H and O–H groups in total.